The fourth-order valence-electron chi connectivity index (χ4n) is 2.61. The highest BCUT2D eigenvalue weighted by molar-refractivity contribution is 7.80. The zero-order chi connectivity index (χ0) is 13.0. The number of hydrogen-bond acceptors (Lipinski definition) is 2. The normalized spacial score (nSPS) is 16.3. The number of nitrogens with zero attached hydrogens (tertiary/aromatic N) is 1. The Morgan fingerprint density at radius 3 is 2.44 bits per heavy atom. The molecule has 1 aliphatic rings. The van der Waals surface area contributed by atoms with Gasteiger partial charge in [-0.25, -0.2) is 4.39 Å². The molecule has 0 spiro atoms. The Labute approximate surface area is 113 Å². The van der Waals surface area contributed by atoms with Gasteiger partial charge in [0.1, 0.15) is 5.82 Å². The Morgan fingerprint density at radius 1 is 1.28 bits per heavy atom. The van der Waals surface area contributed by atoms with Crippen molar-refractivity contribution >= 4 is 17.2 Å². The highest BCUT2D eigenvalue weighted by atomic mass is 32.1. The van der Waals surface area contributed by atoms with Crippen LogP contribution < -0.4 is 5.73 Å². The number of nitrogens with two attached hydrogens (primary N) is 1. The van der Waals surface area contributed by atoms with Gasteiger partial charge in [-0.2, -0.15) is 0 Å². The maximum absolute atomic E-state index is 12.9. The minimum absolute atomic E-state index is 0.194. The van der Waals surface area contributed by atoms with E-state index in [1.54, 1.807) is 0 Å². The van der Waals surface area contributed by atoms with Crippen LogP contribution in [0.5, 0.6) is 0 Å². The van der Waals surface area contributed by atoms with Gasteiger partial charge in [0.05, 0.1) is 4.99 Å². The molecule has 0 radical (unpaired) electrons. The molecular formula is C14H19FN2S. The summed E-state index contributed by atoms with van der Waals surface area (Å²) in [6.45, 7) is 1.44. The van der Waals surface area contributed by atoms with Gasteiger partial charge >= 0.3 is 0 Å². The summed E-state index contributed by atoms with van der Waals surface area (Å²) < 4.78 is 12.9. The van der Waals surface area contributed by atoms with Gasteiger partial charge in [0.15, 0.2) is 0 Å². The summed E-state index contributed by atoms with van der Waals surface area (Å²) in [5, 5.41) is 0. The molecule has 2 nitrogen and oxygen atoms in total. The van der Waals surface area contributed by atoms with E-state index in [0.717, 1.165) is 12.1 Å². The van der Waals surface area contributed by atoms with Gasteiger partial charge in [0, 0.05) is 19.1 Å². The van der Waals surface area contributed by atoms with E-state index in [1.807, 2.05) is 12.1 Å². The van der Waals surface area contributed by atoms with Crippen LogP contribution in [0.15, 0.2) is 24.3 Å². The van der Waals surface area contributed by atoms with Gasteiger partial charge < -0.3 is 5.73 Å². The van der Waals surface area contributed by atoms with E-state index >= 15 is 0 Å². The Kier molecular flexibility index (Phi) is 4.66. The Morgan fingerprint density at radius 2 is 1.89 bits per heavy atom. The van der Waals surface area contributed by atoms with Crippen molar-refractivity contribution in [3.63, 3.8) is 0 Å². The van der Waals surface area contributed by atoms with Crippen molar-refractivity contribution in [2.24, 2.45) is 5.73 Å². The van der Waals surface area contributed by atoms with Crippen molar-refractivity contribution < 1.29 is 4.39 Å². The van der Waals surface area contributed by atoms with Gasteiger partial charge in [0.25, 0.3) is 0 Å². The van der Waals surface area contributed by atoms with Crippen LogP contribution in [-0.4, -0.2) is 22.5 Å². The van der Waals surface area contributed by atoms with Crippen molar-refractivity contribution in [3.8, 4) is 0 Å². The third-order valence-electron chi connectivity index (χ3n) is 3.50. The SMILES string of the molecule is NC(=S)CN(Cc1ccc(F)cc1)C1CCCC1. The molecule has 1 aromatic rings. The van der Waals surface area contributed by atoms with Gasteiger partial charge in [-0.1, -0.05) is 37.2 Å². The van der Waals surface area contributed by atoms with E-state index < -0.39 is 0 Å². The van der Waals surface area contributed by atoms with Crippen LogP contribution >= 0.6 is 12.2 Å². The third kappa shape index (κ3) is 3.75. The van der Waals surface area contributed by atoms with E-state index in [9.17, 15) is 4.39 Å². The fourth-order valence-corrected chi connectivity index (χ4v) is 2.77. The van der Waals surface area contributed by atoms with E-state index in [2.05, 4.69) is 4.90 Å². The van der Waals surface area contributed by atoms with Crippen LogP contribution in [-0.2, 0) is 6.54 Å². The molecule has 4 heteroatoms. The number of benzene rings is 1. The topological polar surface area (TPSA) is 29.3 Å². The molecule has 0 bridgehead atoms. The molecule has 0 atom stereocenters. The molecule has 1 aliphatic carbocycles. The lowest BCUT2D eigenvalue weighted by molar-refractivity contribution is 0.219. The predicted octanol–water partition coefficient (Wildman–Crippen LogP) is 2.86. The maximum atomic E-state index is 12.9. The summed E-state index contributed by atoms with van der Waals surface area (Å²) in [7, 11) is 0. The molecule has 2 rings (SSSR count). The van der Waals surface area contributed by atoms with Crippen LogP contribution in [0.25, 0.3) is 0 Å². The van der Waals surface area contributed by atoms with Gasteiger partial charge in [-0.15, -0.1) is 0 Å². The van der Waals surface area contributed by atoms with Gasteiger partial charge in [-0.3, -0.25) is 4.90 Å². The average Bonchev–Trinajstić information content (AvgIpc) is 2.84. The van der Waals surface area contributed by atoms with Crippen LogP contribution in [0.2, 0.25) is 0 Å². The molecule has 2 N–H and O–H groups in total. The van der Waals surface area contributed by atoms with Crippen molar-refractivity contribution in [2.45, 2.75) is 38.3 Å². The van der Waals surface area contributed by atoms with Crippen molar-refractivity contribution in [2.75, 3.05) is 6.54 Å². The summed E-state index contributed by atoms with van der Waals surface area (Å²) >= 11 is 5.02. The van der Waals surface area contributed by atoms with E-state index in [4.69, 9.17) is 18.0 Å². The lowest BCUT2D eigenvalue weighted by Gasteiger charge is -2.28. The molecule has 0 aliphatic heterocycles. The first-order chi connectivity index (χ1) is 8.65. The molecule has 1 fully saturated rings. The summed E-state index contributed by atoms with van der Waals surface area (Å²) in [6.07, 6.45) is 4.98. The number of halogens is 1. The number of hydrogen-bond donors (Lipinski definition) is 1. The van der Waals surface area contributed by atoms with Gasteiger partial charge in [-0.05, 0) is 30.5 Å². The Hall–Kier alpha value is -1.00. The van der Waals surface area contributed by atoms with Crippen molar-refractivity contribution in [3.05, 3.63) is 35.6 Å². The largest absolute Gasteiger partial charge is 0.392 e. The standard InChI is InChI=1S/C14H19FN2S/c15-12-7-5-11(6-8-12)9-17(10-14(16)18)13-3-1-2-4-13/h5-8,13H,1-4,9-10H2,(H2,16,18). The lowest BCUT2D eigenvalue weighted by atomic mass is 10.1. The van der Waals surface area contributed by atoms with E-state index in [1.165, 1.54) is 37.8 Å². The van der Waals surface area contributed by atoms with Crippen LogP contribution in [0.3, 0.4) is 0 Å². The second kappa shape index (κ2) is 6.25. The van der Waals surface area contributed by atoms with Crippen LogP contribution in [0.4, 0.5) is 4.39 Å². The molecule has 0 unspecified atom stereocenters. The van der Waals surface area contributed by atoms with E-state index in [0.29, 0.717) is 17.6 Å². The molecule has 0 aromatic heterocycles. The molecule has 0 heterocycles. The number of thiocarbonyl (C=S) groups is 1. The molecular weight excluding hydrogens is 247 g/mol. The minimum Gasteiger partial charge on any atom is -0.392 e. The van der Waals surface area contributed by atoms with Crippen molar-refractivity contribution in [1.29, 1.82) is 0 Å². The average molecular weight is 266 g/mol. The zero-order valence-corrected chi connectivity index (χ0v) is 11.3. The Bertz CT molecular complexity index is 399. The third-order valence-corrected chi connectivity index (χ3v) is 3.63. The van der Waals surface area contributed by atoms with Gasteiger partial charge in [0.2, 0.25) is 0 Å². The fraction of sp³-hybridized carbons (Fsp3) is 0.500. The zero-order valence-electron chi connectivity index (χ0n) is 10.4. The monoisotopic (exact) mass is 266 g/mol. The highest BCUT2D eigenvalue weighted by Gasteiger charge is 2.22. The minimum atomic E-state index is -0.194. The lowest BCUT2D eigenvalue weighted by Crippen LogP contribution is -2.38. The predicted molar refractivity (Wildman–Crippen MR) is 75.9 cm³/mol. The summed E-state index contributed by atoms with van der Waals surface area (Å²) in [5.74, 6) is -0.194. The Balaban J connectivity index is 2.03. The first-order valence-corrected chi connectivity index (χ1v) is 6.83. The molecule has 18 heavy (non-hydrogen) atoms. The van der Waals surface area contributed by atoms with Crippen molar-refractivity contribution in [1.82, 2.24) is 4.90 Å². The molecule has 1 saturated carbocycles. The summed E-state index contributed by atoms with van der Waals surface area (Å²) in [4.78, 5) is 2.85. The quantitative estimate of drug-likeness (QED) is 0.831. The number of rotatable bonds is 5. The van der Waals surface area contributed by atoms with Crippen LogP contribution in [0.1, 0.15) is 31.2 Å². The first kappa shape index (κ1) is 13.4. The maximum Gasteiger partial charge on any atom is 0.123 e. The molecule has 0 saturated heterocycles. The molecule has 1 aromatic carbocycles. The first-order valence-electron chi connectivity index (χ1n) is 6.42. The van der Waals surface area contributed by atoms with E-state index in [-0.39, 0.29) is 5.82 Å². The molecule has 0 amide bonds. The smallest absolute Gasteiger partial charge is 0.123 e. The second-order valence-corrected chi connectivity index (χ2v) is 5.46. The van der Waals surface area contributed by atoms with Crippen LogP contribution in [0, 0.1) is 5.82 Å². The highest BCUT2D eigenvalue weighted by Crippen LogP contribution is 2.24. The summed E-state index contributed by atoms with van der Waals surface area (Å²) in [5.41, 5.74) is 6.78. The summed E-state index contributed by atoms with van der Waals surface area (Å²) in [6, 6.07) is 7.23. The second-order valence-electron chi connectivity index (χ2n) is 4.94. The molecule has 98 valence electrons.